The van der Waals surface area contributed by atoms with Crippen LogP contribution in [0.15, 0.2) is 54.6 Å². The van der Waals surface area contributed by atoms with E-state index in [0.717, 1.165) is 44.8 Å². The number of carbonyl (C=O) groups is 2. The van der Waals surface area contributed by atoms with Crippen LogP contribution in [0.3, 0.4) is 0 Å². The Hall–Kier alpha value is -3.82. The SMILES string of the molecule is COc1cc(CN2CCN(Cc3ccc4ccccc4c3)CC2)cc(OC)c1O.O=C(O)C(=O)O. The molecule has 35 heavy (non-hydrogen) atoms. The molecule has 0 saturated carbocycles. The van der Waals surface area contributed by atoms with E-state index in [0.29, 0.717) is 11.5 Å². The summed E-state index contributed by atoms with van der Waals surface area (Å²) in [5.74, 6) is -2.69. The van der Waals surface area contributed by atoms with Gasteiger partial charge < -0.3 is 24.8 Å². The molecule has 0 radical (unpaired) electrons. The first kappa shape index (κ1) is 25.8. The monoisotopic (exact) mass is 482 g/mol. The van der Waals surface area contributed by atoms with Crippen LogP contribution in [0, 0.1) is 0 Å². The van der Waals surface area contributed by atoms with Crippen LogP contribution >= 0.6 is 0 Å². The third kappa shape index (κ3) is 7.08. The first-order valence-corrected chi connectivity index (χ1v) is 11.1. The number of carboxylic acid groups (broad SMARTS) is 2. The fourth-order valence-corrected chi connectivity index (χ4v) is 4.00. The van der Waals surface area contributed by atoms with Gasteiger partial charge in [-0.15, -0.1) is 0 Å². The van der Waals surface area contributed by atoms with E-state index in [-0.39, 0.29) is 5.75 Å². The van der Waals surface area contributed by atoms with Gasteiger partial charge in [-0.1, -0.05) is 36.4 Å². The number of piperazine rings is 1. The molecule has 9 heteroatoms. The maximum atomic E-state index is 10.1. The normalized spacial score (nSPS) is 14.1. The van der Waals surface area contributed by atoms with Crippen molar-refractivity contribution in [3.63, 3.8) is 0 Å². The molecular weight excluding hydrogens is 452 g/mol. The molecule has 0 atom stereocenters. The van der Waals surface area contributed by atoms with E-state index < -0.39 is 11.9 Å². The molecule has 0 unspecified atom stereocenters. The Kier molecular flexibility index (Phi) is 8.88. The van der Waals surface area contributed by atoms with Crippen molar-refractivity contribution < 1.29 is 34.4 Å². The summed E-state index contributed by atoms with van der Waals surface area (Å²) in [5.41, 5.74) is 2.45. The summed E-state index contributed by atoms with van der Waals surface area (Å²) in [4.78, 5) is 23.1. The number of fused-ring (bicyclic) bond motifs is 1. The number of phenols is 1. The number of methoxy groups -OCH3 is 2. The van der Waals surface area contributed by atoms with Gasteiger partial charge in [-0.3, -0.25) is 9.80 Å². The van der Waals surface area contributed by atoms with Gasteiger partial charge in [-0.25, -0.2) is 9.59 Å². The molecular formula is C26H30N2O7. The summed E-state index contributed by atoms with van der Waals surface area (Å²) in [6.07, 6.45) is 0. The molecule has 3 N–H and O–H groups in total. The minimum Gasteiger partial charge on any atom is -0.502 e. The number of ether oxygens (including phenoxy) is 2. The predicted molar refractivity (Wildman–Crippen MR) is 131 cm³/mol. The first-order chi connectivity index (χ1) is 16.8. The van der Waals surface area contributed by atoms with Gasteiger partial charge in [0, 0.05) is 39.3 Å². The standard InChI is InChI=1S/C24H28N2O3.C2H2O4/c1-28-22-14-19(15-23(29-2)24(22)27)17-26-11-9-25(10-12-26)16-18-7-8-20-5-3-4-6-21(20)13-18;3-1(4)2(5)6/h3-8,13-15,27H,9-12,16-17H2,1-2H3;(H,3,4)(H,5,6). The maximum Gasteiger partial charge on any atom is 0.414 e. The van der Waals surface area contributed by atoms with Crippen molar-refractivity contribution in [2.24, 2.45) is 0 Å². The summed E-state index contributed by atoms with van der Waals surface area (Å²) in [6, 6.07) is 19.0. The fourth-order valence-electron chi connectivity index (χ4n) is 4.00. The van der Waals surface area contributed by atoms with Crippen LogP contribution in [-0.2, 0) is 22.7 Å². The quantitative estimate of drug-likeness (QED) is 0.455. The van der Waals surface area contributed by atoms with Crippen LogP contribution in [0.5, 0.6) is 17.2 Å². The Morgan fingerprint density at radius 2 is 1.23 bits per heavy atom. The minimum absolute atomic E-state index is 0.0546. The number of nitrogens with zero attached hydrogens (tertiary/aromatic N) is 2. The zero-order valence-electron chi connectivity index (χ0n) is 19.8. The average Bonchev–Trinajstić information content (AvgIpc) is 2.86. The molecule has 4 rings (SSSR count). The van der Waals surface area contributed by atoms with E-state index in [1.807, 2.05) is 12.1 Å². The van der Waals surface area contributed by atoms with Crippen LogP contribution in [-0.4, -0.2) is 77.5 Å². The van der Waals surface area contributed by atoms with Gasteiger partial charge >= 0.3 is 11.9 Å². The van der Waals surface area contributed by atoms with E-state index in [1.54, 1.807) is 14.2 Å². The number of benzene rings is 3. The van der Waals surface area contributed by atoms with Crippen molar-refractivity contribution in [1.82, 2.24) is 9.80 Å². The summed E-state index contributed by atoms with van der Waals surface area (Å²) >= 11 is 0. The molecule has 0 spiro atoms. The van der Waals surface area contributed by atoms with Gasteiger partial charge in [0.1, 0.15) is 0 Å². The van der Waals surface area contributed by atoms with Crippen molar-refractivity contribution in [3.05, 3.63) is 65.7 Å². The smallest absolute Gasteiger partial charge is 0.414 e. The lowest BCUT2D eigenvalue weighted by Crippen LogP contribution is -2.45. The van der Waals surface area contributed by atoms with Gasteiger partial charge in [-0.05, 0) is 40.1 Å². The summed E-state index contributed by atoms with van der Waals surface area (Å²) in [6.45, 7) is 5.91. The predicted octanol–water partition coefficient (Wildman–Crippen LogP) is 3.04. The third-order valence-corrected chi connectivity index (χ3v) is 5.81. The van der Waals surface area contributed by atoms with Crippen molar-refractivity contribution >= 4 is 22.7 Å². The molecule has 1 aliphatic rings. The van der Waals surface area contributed by atoms with Gasteiger partial charge in [0.25, 0.3) is 0 Å². The second-order valence-electron chi connectivity index (χ2n) is 8.19. The highest BCUT2D eigenvalue weighted by Gasteiger charge is 2.19. The van der Waals surface area contributed by atoms with Gasteiger partial charge in [0.2, 0.25) is 5.75 Å². The van der Waals surface area contributed by atoms with Crippen molar-refractivity contribution in [2.75, 3.05) is 40.4 Å². The highest BCUT2D eigenvalue weighted by Crippen LogP contribution is 2.37. The molecule has 186 valence electrons. The Labute approximate surface area is 203 Å². The van der Waals surface area contributed by atoms with E-state index in [2.05, 4.69) is 52.3 Å². The van der Waals surface area contributed by atoms with Gasteiger partial charge in [0.05, 0.1) is 14.2 Å². The number of rotatable bonds is 6. The third-order valence-electron chi connectivity index (χ3n) is 5.81. The van der Waals surface area contributed by atoms with E-state index >= 15 is 0 Å². The maximum absolute atomic E-state index is 10.1. The largest absolute Gasteiger partial charge is 0.502 e. The molecule has 0 amide bonds. The lowest BCUT2D eigenvalue weighted by molar-refractivity contribution is -0.159. The summed E-state index contributed by atoms with van der Waals surface area (Å²) in [5, 5.41) is 27.5. The molecule has 1 fully saturated rings. The number of aliphatic carboxylic acids is 2. The molecule has 0 aromatic heterocycles. The van der Waals surface area contributed by atoms with Crippen LogP contribution in [0.2, 0.25) is 0 Å². The zero-order chi connectivity index (χ0) is 25.4. The number of hydrogen-bond donors (Lipinski definition) is 3. The molecule has 3 aromatic rings. The van der Waals surface area contributed by atoms with E-state index in [4.69, 9.17) is 29.3 Å². The summed E-state index contributed by atoms with van der Waals surface area (Å²) in [7, 11) is 3.12. The van der Waals surface area contributed by atoms with Gasteiger partial charge in [-0.2, -0.15) is 0 Å². The van der Waals surface area contributed by atoms with Crippen LogP contribution < -0.4 is 9.47 Å². The van der Waals surface area contributed by atoms with Crippen LogP contribution in [0.4, 0.5) is 0 Å². The Morgan fingerprint density at radius 3 is 1.71 bits per heavy atom. The molecule has 1 saturated heterocycles. The lowest BCUT2D eigenvalue weighted by Gasteiger charge is -2.35. The number of carboxylic acids is 2. The van der Waals surface area contributed by atoms with Crippen molar-refractivity contribution in [1.29, 1.82) is 0 Å². The minimum atomic E-state index is -1.82. The van der Waals surface area contributed by atoms with Crippen LogP contribution in [0.25, 0.3) is 10.8 Å². The topological polar surface area (TPSA) is 120 Å². The lowest BCUT2D eigenvalue weighted by atomic mass is 10.1. The average molecular weight is 483 g/mol. The molecule has 0 bridgehead atoms. The molecule has 1 heterocycles. The fraction of sp³-hybridized carbons (Fsp3) is 0.308. The molecule has 1 aliphatic heterocycles. The molecule has 3 aromatic carbocycles. The second kappa shape index (κ2) is 12.0. The van der Waals surface area contributed by atoms with Crippen LogP contribution in [0.1, 0.15) is 11.1 Å². The summed E-state index contributed by atoms with van der Waals surface area (Å²) < 4.78 is 10.5. The van der Waals surface area contributed by atoms with Gasteiger partial charge in [0.15, 0.2) is 11.5 Å². The number of hydrogen-bond acceptors (Lipinski definition) is 7. The highest BCUT2D eigenvalue weighted by molar-refractivity contribution is 6.27. The Balaban J connectivity index is 0.000000509. The first-order valence-electron chi connectivity index (χ1n) is 11.1. The number of phenolic OH excluding ortho intramolecular Hbond substituents is 1. The Bertz CT molecular complexity index is 1140. The van der Waals surface area contributed by atoms with Crippen molar-refractivity contribution in [2.45, 2.75) is 13.1 Å². The Morgan fingerprint density at radius 1 is 0.743 bits per heavy atom. The second-order valence-corrected chi connectivity index (χ2v) is 8.19. The van der Waals surface area contributed by atoms with Crippen molar-refractivity contribution in [3.8, 4) is 17.2 Å². The van der Waals surface area contributed by atoms with E-state index in [1.165, 1.54) is 16.3 Å². The number of aromatic hydroxyl groups is 1. The highest BCUT2D eigenvalue weighted by atomic mass is 16.5. The zero-order valence-corrected chi connectivity index (χ0v) is 19.8. The molecule has 9 nitrogen and oxygen atoms in total. The van der Waals surface area contributed by atoms with E-state index in [9.17, 15) is 5.11 Å². The molecule has 0 aliphatic carbocycles.